The van der Waals surface area contributed by atoms with Gasteiger partial charge >= 0.3 is 0 Å². The predicted molar refractivity (Wildman–Crippen MR) is 68.8 cm³/mol. The number of benzene rings is 1. The molecule has 0 saturated heterocycles. The number of amides is 1. The topological polar surface area (TPSA) is 80.9 Å². The number of nitrogens with two attached hydrogens (primary N) is 1. The zero-order valence-electron chi connectivity index (χ0n) is 10.00. The van der Waals surface area contributed by atoms with Crippen LogP contribution in [-0.2, 0) is 4.79 Å². The lowest BCUT2D eigenvalue weighted by Crippen LogP contribution is -2.28. The molecule has 0 aliphatic heterocycles. The van der Waals surface area contributed by atoms with E-state index in [0.717, 1.165) is 11.3 Å². The first-order valence-electron chi connectivity index (χ1n) is 5.57. The highest BCUT2D eigenvalue weighted by molar-refractivity contribution is 5.94. The van der Waals surface area contributed by atoms with Gasteiger partial charge in [-0.25, -0.2) is 9.97 Å². The first kappa shape index (κ1) is 12.2. The number of carbonyl (C=O) groups is 1. The van der Waals surface area contributed by atoms with E-state index in [1.165, 1.54) is 6.33 Å². The highest BCUT2D eigenvalue weighted by atomic mass is 16.2. The molecule has 3 N–H and O–H groups in total. The summed E-state index contributed by atoms with van der Waals surface area (Å²) in [6.07, 6.45) is 1.40. The highest BCUT2D eigenvalue weighted by Gasteiger charge is 2.15. The van der Waals surface area contributed by atoms with Gasteiger partial charge in [0.05, 0.1) is 0 Å². The van der Waals surface area contributed by atoms with Gasteiger partial charge in [-0.3, -0.25) is 4.79 Å². The van der Waals surface area contributed by atoms with Crippen LogP contribution in [0.1, 0.15) is 17.3 Å². The molecule has 1 unspecified atom stereocenters. The molecule has 1 aromatic heterocycles. The molecule has 92 valence electrons. The van der Waals surface area contributed by atoms with E-state index >= 15 is 0 Å². The number of aromatic nitrogens is 2. The monoisotopic (exact) mass is 242 g/mol. The summed E-state index contributed by atoms with van der Waals surface area (Å²) in [4.78, 5) is 19.8. The summed E-state index contributed by atoms with van der Waals surface area (Å²) in [6, 6.07) is 10.2. The second-order valence-electron chi connectivity index (χ2n) is 3.92. The fourth-order valence-electron chi connectivity index (χ4n) is 1.54. The van der Waals surface area contributed by atoms with Crippen molar-refractivity contribution in [2.45, 2.75) is 13.0 Å². The van der Waals surface area contributed by atoms with Gasteiger partial charge in [0.1, 0.15) is 18.2 Å². The molecule has 18 heavy (non-hydrogen) atoms. The summed E-state index contributed by atoms with van der Waals surface area (Å²) < 4.78 is 0. The van der Waals surface area contributed by atoms with Crippen molar-refractivity contribution in [2.75, 3.05) is 5.32 Å². The third-order valence-electron chi connectivity index (χ3n) is 2.50. The Bertz CT molecular complexity index is 542. The molecule has 0 spiro atoms. The van der Waals surface area contributed by atoms with Crippen LogP contribution >= 0.6 is 0 Å². The van der Waals surface area contributed by atoms with Gasteiger partial charge in [0, 0.05) is 11.8 Å². The largest absolute Gasteiger partial charge is 0.316 e. The van der Waals surface area contributed by atoms with Crippen LogP contribution in [0.4, 0.5) is 5.82 Å². The van der Waals surface area contributed by atoms with E-state index < -0.39 is 6.04 Å². The molecule has 2 aromatic rings. The maximum Gasteiger partial charge on any atom is 0.247 e. The maximum atomic E-state index is 11.9. The van der Waals surface area contributed by atoms with Crippen molar-refractivity contribution in [1.82, 2.24) is 9.97 Å². The van der Waals surface area contributed by atoms with E-state index in [-0.39, 0.29) is 5.91 Å². The van der Waals surface area contributed by atoms with E-state index in [2.05, 4.69) is 15.3 Å². The molecule has 0 radical (unpaired) electrons. The summed E-state index contributed by atoms with van der Waals surface area (Å²) in [5.41, 5.74) is 7.42. The van der Waals surface area contributed by atoms with Crippen molar-refractivity contribution in [1.29, 1.82) is 0 Å². The Kier molecular flexibility index (Phi) is 3.64. The first-order valence-corrected chi connectivity index (χ1v) is 5.57. The predicted octanol–water partition coefficient (Wildman–Crippen LogP) is 1.42. The Hall–Kier alpha value is -2.27. The molecule has 0 aliphatic carbocycles. The van der Waals surface area contributed by atoms with Crippen LogP contribution in [0, 0.1) is 6.92 Å². The molecule has 1 aromatic carbocycles. The Balaban J connectivity index is 2.09. The van der Waals surface area contributed by atoms with Gasteiger partial charge in [0.25, 0.3) is 0 Å². The molecular weight excluding hydrogens is 228 g/mol. The van der Waals surface area contributed by atoms with Gasteiger partial charge in [-0.05, 0) is 12.5 Å². The summed E-state index contributed by atoms with van der Waals surface area (Å²) in [7, 11) is 0. The lowest BCUT2D eigenvalue weighted by atomic mass is 10.1. The Labute approximate surface area is 105 Å². The first-order chi connectivity index (χ1) is 8.66. The van der Waals surface area contributed by atoms with Gasteiger partial charge in [-0.15, -0.1) is 0 Å². The second kappa shape index (κ2) is 5.37. The van der Waals surface area contributed by atoms with E-state index in [0.29, 0.717) is 5.82 Å². The van der Waals surface area contributed by atoms with Gasteiger partial charge in [-0.1, -0.05) is 30.3 Å². The summed E-state index contributed by atoms with van der Waals surface area (Å²) in [6.45, 7) is 1.83. The molecule has 5 nitrogen and oxygen atoms in total. The van der Waals surface area contributed by atoms with Crippen molar-refractivity contribution in [2.24, 2.45) is 5.73 Å². The van der Waals surface area contributed by atoms with Crippen molar-refractivity contribution in [3.8, 4) is 0 Å². The van der Waals surface area contributed by atoms with Gasteiger partial charge in [0.2, 0.25) is 5.91 Å². The molecular formula is C13H14N4O. The summed E-state index contributed by atoms with van der Waals surface area (Å²) >= 11 is 0. The molecule has 5 heteroatoms. The molecule has 0 fully saturated rings. The zero-order chi connectivity index (χ0) is 13.0. The van der Waals surface area contributed by atoms with E-state index in [4.69, 9.17) is 5.73 Å². The molecule has 0 saturated carbocycles. The number of aryl methyl sites for hydroxylation is 1. The third-order valence-corrected chi connectivity index (χ3v) is 2.50. The van der Waals surface area contributed by atoms with Crippen molar-refractivity contribution >= 4 is 11.7 Å². The minimum absolute atomic E-state index is 0.292. The standard InChI is InChI=1S/C13H14N4O/c1-9-7-11(16-8-15-9)17-13(18)12(14)10-5-3-2-4-6-10/h2-8,12H,14H2,1H3,(H,15,16,17,18). The third kappa shape index (κ3) is 2.89. The number of hydrogen-bond acceptors (Lipinski definition) is 4. The van der Waals surface area contributed by atoms with Crippen LogP contribution in [0.2, 0.25) is 0 Å². The molecule has 0 bridgehead atoms. The highest BCUT2D eigenvalue weighted by Crippen LogP contribution is 2.12. The van der Waals surface area contributed by atoms with Gasteiger partial charge < -0.3 is 11.1 Å². The minimum Gasteiger partial charge on any atom is -0.316 e. The van der Waals surface area contributed by atoms with E-state index in [1.807, 2.05) is 37.3 Å². The van der Waals surface area contributed by atoms with Crippen LogP contribution in [0.25, 0.3) is 0 Å². The Morgan fingerprint density at radius 3 is 2.67 bits per heavy atom. The summed E-state index contributed by atoms with van der Waals surface area (Å²) in [5.74, 6) is 0.165. The Morgan fingerprint density at radius 1 is 1.28 bits per heavy atom. The minimum atomic E-state index is -0.707. The molecule has 1 amide bonds. The maximum absolute atomic E-state index is 11.9. The SMILES string of the molecule is Cc1cc(NC(=O)C(N)c2ccccc2)ncn1. The molecule has 1 heterocycles. The van der Waals surface area contributed by atoms with Crippen LogP contribution in [0.5, 0.6) is 0 Å². The van der Waals surface area contributed by atoms with Crippen LogP contribution < -0.4 is 11.1 Å². The van der Waals surface area contributed by atoms with E-state index in [1.54, 1.807) is 6.07 Å². The average Bonchev–Trinajstić information content (AvgIpc) is 2.39. The number of anilines is 1. The number of nitrogens with zero attached hydrogens (tertiary/aromatic N) is 2. The number of rotatable bonds is 3. The summed E-state index contributed by atoms with van der Waals surface area (Å²) in [5, 5.41) is 2.67. The number of nitrogens with one attached hydrogen (secondary N) is 1. The van der Waals surface area contributed by atoms with E-state index in [9.17, 15) is 4.79 Å². The molecule has 2 rings (SSSR count). The number of hydrogen-bond donors (Lipinski definition) is 2. The quantitative estimate of drug-likeness (QED) is 0.853. The van der Waals surface area contributed by atoms with Crippen LogP contribution in [-0.4, -0.2) is 15.9 Å². The second-order valence-corrected chi connectivity index (χ2v) is 3.92. The average molecular weight is 242 g/mol. The van der Waals surface area contributed by atoms with Crippen molar-refractivity contribution < 1.29 is 4.79 Å². The molecule has 0 aliphatic rings. The van der Waals surface area contributed by atoms with Crippen molar-refractivity contribution in [3.05, 3.63) is 54.0 Å². The smallest absolute Gasteiger partial charge is 0.247 e. The zero-order valence-corrected chi connectivity index (χ0v) is 10.00. The van der Waals surface area contributed by atoms with Crippen LogP contribution in [0.3, 0.4) is 0 Å². The van der Waals surface area contributed by atoms with Crippen LogP contribution in [0.15, 0.2) is 42.7 Å². The Morgan fingerprint density at radius 2 is 2.00 bits per heavy atom. The normalized spacial score (nSPS) is 11.9. The molecule has 1 atom stereocenters. The lowest BCUT2D eigenvalue weighted by Gasteiger charge is -2.11. The fourth-order valence-corrected chi connectivity index (χ4v) is 1.54. The lowest BCUT2D eigenvalue weighted by molar-refractivity contribution is -0.117. The number of carbonyl (C=O) groups excluding carboxylic acids is 1. The van der Waals surface area contributed by atoms with Gasteiger partial charge in [0.15, 0.2) is 0 Å². The van der Waals surface area contributed by atoms with Crippen molar-refractivity contribution in [3.63, 3.8) is 0 Å². The fraction of sp³-hybridized carbons (Fsp3) is 0.154. The van der Waals surface area contributed by atoms with Gasteiger partial charge in [-0.2, -0.15) is 0 Å².